The fourth-order valence-electron chi connectivity index (χ4n) is 2.67. The lowest BCUT2D eigenvalue weighted by atomic mass is 10.2. The van der Waals surface area contributed by atoms with E-state index >= 15 is 0 Å². The molecule has 1 aliphatic rings. The third-order valence-corrected chi connectivity index (χ3v) is 3.99. The Balaban J connectivity index is 2.03. The van der Waals surface area contributed by atoms with Crippen LogP contribution >= 0.6 is 0 Å². The smallest absolute Gasteiger partial charge is 0.342 e. The number of likely N-dealkylation sites (tertiary alicyclic amines) is 1. The predicted molar refractivity (Wildman–Crippen MR) is 84.6 cm³/mol. The van der Waals surface area contributed by atoms with Crippen molar-refractivity contribution in [3.05, 3.63) is 23.8 Å². The molecule has 0 aliphatic carbocycles. The van der Waals surface area contributed by atoms with Gasteiger partial charge < -0.3 is 19.5 Å². The Morgan fingerprint density at radius 2 is 1.83 bits per heavy atom. The van der Waals surface area contributed by atoms with Gasteiger partial charge in [-0.05, 0) is 31.9 Å². The average Bonchev–Trinajstić information content (AvgIpc) is 2.83. The number of methoxy groups -OCH3 is 1. The molecule has 126 valence electrons. The number of amides is 1. The van der Waals surface area contributed by atoms with Crippen molar-refractivity contribution in [1.82, 2.24) is 4.90 Å². The van der Waals surface area contributed by atoms with Crippen molar-refractivity contribution < 1.29 is 24.2 Å². The van der Waals surface area contributed by atoms with E-state index in [1.807, 2.05) is 0 Å². The molecule has 0 unspecified atom stereocenters. The molecular weight excluding hydrogens is 298 g/mol. The third-order valence-electron chi connectivity index (χ3n) is 3.99. The highest BCUT2D eigenvalue weighted by Crippen LogP contribution is 2.30. The standard InChI is InChI=1S/C17H23NO5/c1-12(16(20)18-10-5-3-4-6-11-18)23-17(21)13-8-7-9-14(22-2)15(13)19/h7-9,12,19H,3-6,10-11H2,1-2H3/t12-/m0/s1. The molecule has 0 spiro atoms. The SMILES string of the molecule is COc1cccc(C(=O)O[C@@H](C)C(=O)N2CCCCCC2)c1O. The van der Waals surface area contributed by atoms with Gasteiger partial charge in [0.25, 0.3) is 5.91 Å². The molecule has 1 atom stereocenters. The highest BCUT2D eigenvalue weighted by atomic mass is 16.5. The molecule has 1 aromatic rings. The zero-order valence-corrected chi connectivity index (χ0v) is 13.6. The highest BCUT2D eigenvalue weighted by molar-refractivity contribution is 5.95. The number of benzene rings is 1. The van der Waals surface area contributed by atoms with Gasteiger partial charge in [0.05, 0.1) is 7.11 Å². The molecule has 1 saturated heterocycles. The lowest BCUT2D eigenvalue weighted by Crippen LogP contribution is -2.40. The summed E-state index contributed by atoms with van der Waals surface area (Å²) in [6, 6.07) is 4.55. The van der Waals surface area contributed by atoms with Crippen LogP contribution in [0.3, 0.4) is 0 Å². The van der Waals surface area contributed by atoms with Crippen molar-refractivity contribution >= 4 is 11.9 Å². The number of hydrogen-bond acceptors (Lipinski definition) is 5. The minimum absolute atomic E-state index is 0.0140. The van der Waals surface area contributed by atoms with Crippen LogP contribution in [-0.2, 0) is 9.53 Å². The first-order valence-electron chi connectivity index (χ1n) is 7.90. The van der Waals surface area contributed by atoms with Crippen LogP contribution in [0.4, 0.5) is 0 Å². The number of rotatable bonds is 4. The van der Waals surface area contributed by atoms with Crippen molar-refractivity contribution in [3.63, 3.8) is 0 Å². The van der Waals surface area contributed by atoms with Gasteiger partial charge in [-0.15, -0.1) is 0 Å². The number of phenolic OH excluding ortho intramolecular Hbond substituents is 1. The summed E-state index contributed by atoms with van der Waals surface area (Å²) in [5, 5.41) is 9.98. The fourth-order valence-corrected chi connectivity index (χ4v) is 2.67. The Kier molecular flexibility index (Phi) is 5.84. The summed E-state index contributed by atoms with van der Waals surface area (Å²) in [4.78, 5) is 26.3. The van der Waals surface area contributed by atoms with Gasteiger partial charge in [0.15, 0.2) is 17.6 Å². The second kappa shape index (κ2) is 7.85. The monoisotopic (exact) mass is 321 g/mol. The Morgan fingerprint density at radius 1 is 1.17 bits per heavy atom. The molecule has 1 N–H and O–H groups in total. The Bertz CT molecular complexity index is 564. The lowest BCUT2D eigenvalue weighted by molar-refractivity contribution is -0.139. The van der Waals surface area contributed by atoms with E-state index in [2.05, 4.69) is 0 Å². The number of nitrogens with zero attached hydrogens (tertiary/aromatic N) is 1. The van der Waals surface area contributed by atoms with E-state index in [-0.39, 0.29) is 23.0 Å². The van der Waals surface area contributed by atoms with Gasteiger partial charge in [0.1, 0.15) is 5.56 Å². The molecule has 1 aromatic carbocycles. The van der Waals surface area contributed by atoms with E-state index in [9.17, 15) is 14.7 Å². The number of hydrogen-bond donors (Lipinski definition) is 1. The van der Waals surface area contributed by atoms with Crippen molar-refractivity contribution in [2.45, 2.75) is 38.7 Å². The van der Waals surface area contributed by atoms with Gasteiger partial charge >= 0.3 is 5.97 Å². The van der Waals surface area contributed by atoms with Gasteiger partial charge in [-0.2, -0.15) is 0 Å². The molecule has 1 aliphatic heterocycles. The molecule has 23 heavy (non-hydrogen) atoms. The molecule has 0 aromatic heterocycles. The first kappa shape index (κ1) is 17.1. The normalized spacial score (nSPS) is 16.3. The van der Waals surface area contributed by atoms with Crippen LogP contribution < -0.4 is 4.74 Å². The van der Waals surface area contributed by atoms with Crippen molar-refractivity contribution in [1.29, 1.82) is 0 Å². The number of carbonyl (C=O) groups excluding carboxylic acids is 2. The molecule has 1 amide bonds. The summed E-state index contributed by atoms with van der Waals surface area (Å²) < 4.78 is 10.2. The molecule has 0 saturated carbocycles. The first-order valence-corrected chi connectivity index (χ1v) is 7.90. The predicted octanol–water partition coefficient (Wildman–Crippen LogP) is 2.35. The van der Waals surface area contributed by atoms with Crippen LogP contribution in [0.5, 0.6) is 11.5 Å². The fraction of sp³-hybridized carbons (Fsp3) is 0.529. The van der Waals surface area contributed by atoms with Crippen LogP contribution in [0.25, 0.3) is 0 Å². The number of para-hydroxylation sites is 1. The van der Waals surface area contributed by atoms with E-state index in [1.165, 1.54) is 19.2 Å². The summed E-state index contributed by atoms with van der Waals surface area (Å²) in [7, 11) is 1.40. The van der Waals surface area contributed by atoms with Crippen molar-refractivity contribution in [2.75, 3.05) is 20.2 Å². The Labute approximate surface area is 136 Å². The van der Waals surface area contributed by atoms with Crippen LogP contribution in [0.1, 0.15) is 43.0 Å². The van der Waals surface area contributed by atoms with Crippen molar-refractivity contribution in [2.24, 2.45) is 0 Å². The number of esters is 1. The van der Waals surface area contributed by atoms with Crippen LogP contribution in [-0.4, -0.2) is 48.2 Å². The van der Waals surface area contributed by atoms with E-state index in [0.29, 0.717) is 13.1 Å². The Hall–Kier alpha value is -2.24. The zero-order chi connectivity index (χ0) is 16.8. The number of ether oxygens (including phenoxy) is 2. The quantitative estimate of drug-likeness (QED) is 0.862. The minimum atomic E-state index is -0.883. The van der Waals surface area contributed by atoms with Gasteiger partial charge in [-0.3, -0.25) is 4.79 Å². The van der Waals surface area contributed by atoms with E-state index in [0.717, 1.165) is 25.7 Å². The van der Waals surface area contributed by atoms with Gasteiger partial charge in [-0.25, -0.2) is 4.79 Å². The largest absolute Gasteiger partial charge is 0.504 e. The van der Waals surface area contributed by atoms with Crippen LogP contribution in [0, 0.1) is 0 Å². The van der Waals surface area contributed by atoms with Crippen molar-refractivity contribution in [3.8, 4) is 11.5 Å². The second-order valence-electron chi connectivity index (χ2n) is 5.64. The number of phenols is 1. The molecular formula is C17H23NO5. The number of carbonyl (C=O) groups is 2. The molecule has 1 fully saturated rings. The summed E-state index contributed by atoms with van der Waals surface area (Å²) >= 11 is 0. The molecule has 6 nitrogen and oxygen atoms in total. The summed E-state index contributed by atoms with van der Waals surface area (Å²) in [5.41, 5.74) is -0.0140. The topological polar surface area (TPSA) is 76.1 Å². The summed E-state index contributed by atoms with van der Waals surface area (Å²) in [6.45, 7) is 2.96. The van der Waals surface area contributed by atoms with Crippen LogP contribution in [0.2, 0.25) is 0 Å². The maximum Gasteiger partial charge on any atom is 0.342 e. The van der Waals surface area contributed by atoms with Gasteiger partial charge in [0, 0.05) is 13.1 Å². The Morgan fingerprint density at radius 3 is 2.43 bits per heavy atom. The van der Waals surface area contributed by atoms with Crippen LogP contribution in [0.15, 0.2) is 18.2 Å². The molecule has 1 heterocycles. The van der Waals surface area contributed by atoms with Gasteiger partial charge in [-0.1, -0.05) is 18.9 Å². The maximum atomic E-state index is 12.4. The molecule has 2 rings (SSSR count). The van der Waals surface area contributed by atoms with E-state index < -0.39 is 12.1 Å². The molecule has 0 bridgehead atoms. The average molecular weight is 321 g/mol. The minimum Gasteiger partial charge on any atom is -0.504 e. The third kappa shape index (κ3) is 4.15. The molecule has 0 radical (unpaired) electrons. The van der Waals surface area contributed by atoms with E-state index in [4.69, 9.17) is 9.47 Å². The second-order valence-corrected chi connectivity index (χ2v) is 5.64. The van der Waals surface area contributed by atoms with Gasteiger partial charge in [0.2, 0.25) is 0 Å². The lowest BCUT2D eigenvalue weighted by Gasteiger charge is -2.24. The van der Waals surface area contributed by atoms with E-state index in [1.54, 1.807) is 17.9 Å². The first-order chi connectivity index (χ1) is 11.0. The summed E-state index contributed by atoms with van der Waals surface area (Å²) in [5.74, 6) is -1.03. The number of aromatic hydroxyl groups is 1. The maximum absolute atomic E-state index is 12.4. The zero-order valence-electron chi connectivity index (χ0n) is 13.6. The summed E-state index contributed by atoms with van der Waals surface area (Å²) in [6.07, 6.45) is 3.31. The highest BCUT2D eigenvalue weighted by Gasteiger charge is 2.26. The molecule has 6 heteroatoms.